The predicted molar refractivity (Wildman–Crippen MR) is 46.8 cm³/mol. The van der Waals surface area contributed by atoms with E-state index in [1.165, 1.54) is 6.33 Å². The van der Waals surface area contributed by atoms with Crippen molar-refractivity contribution in [3.8, 4) is 0 Å². The highest BCUT2D eigenvalue weighted by molar-refractivity contribution is 5.24. The lowest BCUT2D eigenvalue weighted by Crippen LogP contribution is -2.11. The highest BCUT2D eigenvalue weighted by Crippen LogP contribution is 2.17. The van der Waals surface area contributed by atoms with Gasteiger partial charge in [0.25, 0.3) is 0 Å². The minimum Gasteiger partial charge on any atom is -0.472 e. The van der Waals surface area contributed by atoms with Crippen LogP contribution in [0.2, 0.25) is 0 Å². The summed E-state index contributed by atoms with van der Waals surface area (Å²) in [7, 11) is 0. The lowest BCUT2D eigenvalue weighted by molar-refractivity contribution is 0.562. The second kappa shape index (κ2) is 3.37. The van der Waals surface area contributed by atoms with Crippen LogP contribution in [0, 0.1) is 0 Å². The molecule has 0 fully saturated rings. The minimum absolute atomic E-state index is 0.208. The lowest BCUT2D eigenvalue weighted by atomic mass is 10.1. The molecular weight excluding hydrogens is 166 g/mol. The first kappa shape index (κ1) is 7.94. The molecule has 1 unspecified atom stereocenters. The number of furan rings is 1. The molecule has 2 heterocycles. The summed E-state index contributed by atoms with van der Waals surface area (Å²) in [5, 5.41) is 0. The van der Waals surface area contributed by atoms with Crippen LogP contribution >= 0.6 is 0 Å². The van der Waals surface area contributed by atoms with Crippen molar-refractivity contribution >= 4 is 0 Å². The van der Waals surface area contributed by atoms with E-state index in [9.17, 15) is 0 Å². The van der Waals surface area contributed by atoms with E-state index in [-0.39, 0.29) is 6.04 Å². The zero-order chi connectivity index (χ0) is 9.10. The normalized spacial score (nSPS) is 12.7. The summed E-state index contributed by atoms with van der Waals surface area (Å²) in [5.74, 6) is 0. The van der Waals surface area contributed by atoms with Crippen molar-refractivity contribution in [3.05, 3.63) is 48.4 Å². The summed E-state index contributed by atoms with van der Waals surface area (Å²) < 4.78 is 4.94. The Labute approximate surface area is 75.4 Å². The van der Waals surface area contributed by atoms with Crippen molar-refractivity contribution in [1.29, 1.82) is 0 Å². The lowest BCUT2D eigenvalue weighted by Gasteiger charge is -2.07. The Kier molecular flexibility index (Phi) is 2.06. The van der Waals surface area contributed by atoms with Gasteiger partial charge in [0.15, 0.2) is 0 Å². The van der Waals surface area contributed by atoms with Crippen molar-refractivity contribution < 1.29 is 4.42 Å². The third-order valence-electron chi connectivity index (χ3n) is 1.84. The molecular formula is C9H9N3O. The van der Waals surface area contributed by atoms with Gasteiger partial charge in [-0.25, -0.2) is 9.97 Å². The monoisotopic (exact) mass is 175 g/mol. The van der Waals surface area contributed by atoms with Gasteiger partial charge in [0, 0.05) is 23.5 Å². The zero-order valence-corrected chi connectivity index (χ0v) is 6.92. The van der Waals surface area contributed by atoms with E-state index < -0.39 is 0 Å². The van der Waals surface area contributed by atoms with Crippen molar-refractivity contribution in [2.75, 3.05) is 0 Å². The quantitative estimate of drug-likeness (QED) is 0.742. The Morgan fingerprint density at radius 3 is 2.62 bits per heavy atom. The molecule has 0 saturated carbocycles. The number of hydrogen-bond acceptors (Lipinski definition) is 4. The molecule has 2 aromatic heterocycles. The SMILES string of the molecule is NC(c1cncnc1)c1ccoc1. The molecule has 2 aromatic rings. The second-order valence-electron chi connectivity index (χ2n) is 2.71. The van der Waals surface area contributed by atoms with Gasteiger partial charge in [-0.1, -0.05) is 0 Å². The first-order valence-electron chi connectivity index (χ1n) is 3.90. The van der Waals surface area contributed by atoms with E-state index in [0.29, 0.717) is 0 Å². The molecule has 0 radical (unpaired) electrons. The highest BCUT2D eigenvalue weighted by atomic mass is 16.3. The van der Waals surface area contributed by atoms with Crippen LogP contribution in [0.5, 0.6) is 0 Å². The van der Waals surface area contributed by atoms with Crippen molar-refractivity contribution in [1.82, 2.24) is 9.97 Å². The summed E-state index contributed by atoms with van der Waals surface area (Å²) in [4.78, 5) is 7.79. The van der Waals surface area contributed by atoms with Gasteiger partial charge in [-0.15, -0.1) is 0 Å². The molecule has 0 aromatic carbocycles. The fraction of sp³-hybridized carbons (Fsp3) is 0.111. The average molecular weight is 175 g/mol. The van der Waals surface area contributed by atoms with E-state index in [1.807, 2.05) is 6.07 Å². The topological polar surface area (TPSA) is 64.9 Å². The van der Waals surface area contributed by atoms with E-state index in [4.69, 9.17) is 10.2 Å². The summed E-state index contributed by atoms with van der Waals surface area (Å²) in [6, 6.07) is 1.62. The van der Waals surface area contributed by atoms with Gasteiger partial charge in [0.1, 0.15) is 6.33 Å². The van der Waals surface area contributed by atoms with Crippen LogP contribution in [0.4, 0.5) is 0 Å². The van der Waals surface area contributed by atoms with Crippen LogP contribution < -0.4 is 5.73 Å². The molecule has 66 valence electrons. The van der Waals surface area contributed by atoms with Crippen LogP contribution in [-0.2, 0) is 0 Å². The molecule has 1 atom stereocenters. The summed E-state index contributed by atoms with van der Waals surface area (Å²) in [5.41, 5.74) is 7.73. The third kappa shape index (κ3) is 1.57. The molecule has 13 heavy (non-hydrogen) atoms. The van der Waals surface area contributed by atoms with Crippen LogP contribution in [0.3, 0.4) is 0 Å². The molecule has 0 aliphatic carbocycles. The van der Waals surface area contributed by atoms with Crippen molar-refractivity contribution in [2.45, 2.75) is 6.04 Å². The molecule has 0 amide bonds. The summed E-state index contributed by atoms with van der Waals surface area (Å²) in [6.45, 7) is 0. The standard InChI is InChI=1S/C9H9N3O/c10-9(7-1-2-13-5-7)8-3-11-6-12-4-8/h1-6,9H,10H2. The first-order valence-corrected chi connectivity index (χ1v) is 3.90. The highest BCUT2D eigenvalue weighted by Gasteiger charge is 2.09. The molecule has 0 bridgehead atoms. The number of aromatic nitrogens is 2. The molecule has 4 heteroatoms. The van der Waals surface area contributed by atoms with E-state index in [0.717, 1.165) is 11.1 Å². The first-order chi connectivity index (χ1) is 6.38. The van der Waals surface area contributed by atoms with E-state index >= 15 is 0 Å². The molecule has 4 nitrogen and oxygen atoms in total. The summed E-state index contributed by atoms with van der Waals surface area (Å²) >= 11 is 0. The Hall–Kier alpha value is -1.68. The van der Waals surface area contributed by atoms with Crippen molar-refractivity contribution in [3.63, 3.8) is 0 Å². The smallest absolute Gasteiger partial charge is 0.115 e. The molecule has 0 aliphatic rings. The number of nitrogens with two attached hydrogens (primary N) is 1. The van der Waals surface area contributed by atoms with Crippen LogP contribution in [0.1, 0.15) is 17.2 Å². The third-order valence-corrected chi connectivity index (χ3v) is 1.84. The molecule has 2 N–H and O–H groups in total. The average Bonchev–Trinajstić information content (AvgIpc) is 2.71. The summed E-state index contributed by atoms with van der Waals surface area (Å²) in [6.07, 6.45) is 8.09. The number of hydrogen-bond donors (Lipinski definition) is 1. The Morgan fingerprint density at radius 2 is 2.00 bits per heavy atom. The van der Waals surface area contributed by atoms with Crippen LogP contribution in [0.25, 0.3) is 0 Å². The second-order valence-corrected chi connectivity index (χ2v) is 2.71. The molecule has 0 saturated heterocycles. The Balaban J connectivity index is 2.29. The van der Waals surface area contributed by atoms with Gasteiger partial charge in [-0.2, -0.15) is 0 Å². The Bertz CT molecular complexity index is 358. The molecule has 0 spiro atoms. The van der Waals surface area contributed by atoms with Gasteiger partial charge in [-0.05, 0) is 6.07 Å². The molecule has 0 aliphatic heterocycles. The van der Waals surface area contributed by atoms with Gasteiger partial charge in [0.2, 0.25) is 0 Å². The molecule has 2 rings (SSSR count). The maximum absolute atomic E-state index is 5.92. The van der Waals surface area contributed by atoms with Crippen LogP contribution in [-0.4, -0.2) is 9.97 Å². The fourth-order valence-electron chi connectivity index (χ4n) is 1.12. The van der Waals surface area contributed by atoms with Gasteiger partial charge >= 0.3 is 0 Å². The Morgan fingerprint density at radius 1 is 1.23 bits per heavy atom. The van der Waals surface area contributed by atoms with Gasteiger partial charge in [0.05, 0.1) is 18.6 Å². The maximum atomic E-state index is 5.92. The van der Waals surface area contributed by atoms with Gasteiger partial charge in [-0.3, -0.25) is 0 Å². The minimum atomic E-state index is -0.208. The number of rotatable bonds is 2. The fourth-order valence-corrected chi connectivity index (χ4v) is 1.12. The zero-order valence-electron chi connectivity index (χ0n) is 6.92. The van der Waals surface area contributed by atoms with E-state index in [1.54, 1.807) is 24.9 Å². The van der Waals surface area contributed by atoms with Gasteiger partial charge < -0.3 is 10.2 Å². The maximum Gasteiger partial charge on any atom is 0.115 e. The van der Waals surface area contributed by atoms with Crippen LogP contribution in [0.15, 0.2) is 41.7 Å². The largest absolute Gasteiger partial charge is 0.472 e. The van der Waals surface area contributed by atoms with E-state index in [2.05, 4.69) is 9.97 Å². The van der Waals surface area contributed by atoms with Crippen molar-refractivity contribution in [2.24, 2.45) is 5.73 Å². The number of nitrogens with zero attached hydrogens (tertiary/aromatic N) is 2. The predicted octanol–water partition coefficient (Wildman–Crippen LogP) is 1.12.